The van der Waals surface area contributed by atoms with Gasteiger partial charge in [-0.3, -0.25) is 9.80 Å². The largest absolute Gasteiger partial charge is 0.493 e. The van der Waals surface area contributed by atoms with Crippen LogP contribution < -0.4 is 15.9 Å². The Hall–Kier alpha value is -2.42. The van der Waals surface area contributed by atoms with Gasteiger partial charge in [-0.05, 0) is 62.5 Å². The van der Waals surface area contributed by atoms with Crippen LogP contribution in [0.2, 0.25) is 0 Å². The van der Waals surface area contributed by atoms with Gasteiger partial charge in [-0.15, -0.1) is 0 Å². The molecule has 2 aromatic carbocycles. The number of rotatable bonds is 7. The molecule has 0 aliphatic carbocycles. The average molecular weight is 474 g/mol. The van der Waals surface area contributed by atoms with Gasteiger partial charge in [0, 0.05) is 28.9 Å². The summed E-state index contributed by atoms with van der Waals surface area (Å²) < 4.78 is 34.2. The molecule has 0 bridgehead atoms. The normalized spacial score (nSPS) is 22.2. The first-order valence-electron chi connectivity index (χ1n) is 11.2. The third-order valence-electron chi connectivity index (χ3n) is 6.35. The summed E-state index contributed by atoms with van der Waals surface area (Å²) in [6.07, 6.45) is 3.65. The predicted molar refractivity (Wildman–Crippen MR) is 127 cm³/mol. The third-order valence-corrected chi connectivity index (χ3v) is 7.78. The van der Waals surface area contributed by atoms with Gasteiger partial charge in [0.1, 0.15) is 22.3 Å². The zero-order chi connectivity index (χ0) is 23.4. The van der Waals surface area contributed by atoms with Crippen LogP contribution in [0.25, 0.3) is 4.91 Å². The summed E-state index contributed by atoms with van der Waals surface area (Å²) in [6.45, 7) is 6.27. The second-order valence-electron chi connectivity index (χ2n) is 8.54. The smallest absolute Gasteiger partial charge is 0.238 e. The molecule has 176 valence electrons. The number of fused-ring (bicyclic) bond motifs is 1. The molecule has 4 rings (SSSR count). The van der Waals surface area contributed by atoms with Gasteiger partial charge in [-0.25, -0.2) is 14.6 Å². The number of para-hydroxylation sites is 1. The number of thioether (sulfide) groups is 1. The van der Waals surface area contributed by atoms with Crippen LogP contribution in [0, 0.1) is 17.6 Å². The van der Waals surface area contributed by atoms with Crippen molar-refractivity contribution < 1.29 is 18.3 Å². The van der Waals surface area contributed by atoms with E-state index < -0.39 is 16.5 Å². The van der Waals surface area contributed by atoms with Crippen molar-refractivity contribution >= 4 is 22.6 Å². The number of halogens is 2. The minimum atomic E-state index is -1.05. The Morgan fingerprint density at radius 1 is 1.30 bits per heavy atom. The zero-order valence-corrected chi connectivity index (χ0v) is 19.3. The lowest BCUT2D eigenvalue weighted by Gasteiger charge is -2.44. The van der Waals surface area contributed by atoms with Crippen LogP contribution in [0.5, 0.6) is 5.75 Å². The summed E-state index contributed by atoms with van der Waals surface area (Å²) in [7, 11) is 0. The van der Waals surface area contributed by atoms with Gasteiger partial charge >= 0.3 is 0 Å². The second kappa shape index (κ2) is 10.2. The number of piperidine rings is 1. The first-order valence-corrected chi connectivity index (χ1v) is 12.1. The molecule has 1 amide bonds. The fourth-order valence-corrected chi connectivity index (χ4v) is 5.88. The number of nitrogens with two attached hydrogens (primary N) is 1. The number of carbonyl (C=O) groups excluding carboxylic acids is 1. The van der Waals surface area contributed by atoms with Crippen molar-refractivity contribution in [2.24, 2.45) is 11.8 Å². The topological polar surface area (TPSA) is 67.6 Å². The summed E-state index contributed by atoms with van der Waals surface area (Å²) in [5.74, 6) is 6.26. The molecule has 2 unspecified atom stereocenters. The van der Waals surface area contributed by atoms with Crippen LogP contribution in [0.1, 0.15) is 43.2 Å². The number of hydrazine groups is 1. The van der Waals surface area contributed by atoms with Crippen molar-refractivity contribution in [3.63, 3.8) is 0 Å². The minimum absolute atomic E-state index is 0.0532. The van der Waals surface area contributed by atoms with Crippen molar-refractivity contribution in [2.45, 2.75) is 37.0 Å². The molecule has 0 spiro atoms. The summed E-state index contributed by atoms with van der Waals surface area (Å²) in [5.41, 5.74) is 0.770. The number of amides is 1. The van der Waals surface area contributed by atoms with Crippen LogP contribution in [-0.4, -0.2) is 30.6 Å². The maximum Gasteiger partial charge on any atom is 0.238 e. The van der Waals surface area contributed by atoms with Gasteiger partial charge in [0.15, 0.2) is 0 Å². The zero-order valence-electron chi connectivity index (χ0n) is 18.5. The van der Waals surface area contributed by atoms with Crippen molar-refractivity contribution in [2.75, 3.05) is 19.7 Å². The lowest BCUT2D eigenvalue weighted by atomic mass is 9.94. The molecule has 8 heteroatoms. The first-order chi connectivity index (χ1) is 15.9. The number of carbonyl (C=O) groups is 1. The summed E-state index contributed by atoms with van der Waals surface area (Å²) in [4.78, 5) is 12.5. The SMILES string of the molecule is C=C(SC1(N(N)C(=O)CCC2CCCNC2)CCOc2ccccc21)c1cc(F)ccc1F. The van der Waals surface area contributed by atoms with Gasteiger partial charge in [0.25, 0.3) is 0 Å². The van der Waals surface area contributed by atoms with E-state index in [-0.39, 0.29) is 11.5 Å². The minimum Gasteiger partial charge on any atom is -0.493 e. The van der Waals surface area contributed by atoms with E-state index in [1.807, 2.05) is 24.3 Å². The Morgan fingerprint density at radius 3 is 2.91 bits per heavy atom. The quantitative estimate of drug-likeness (QED) is 0.262. The Labute approximate surface area is 197 Å². The molecular weight excluding hydrogens is 444 g/mol. The monoisotopic (exact) mass is 473 g/mol. The number of ether oxygens (including phenoxy) is 1. The Balaban J connectivity index is 1.63. The lowest BCUT2D eigenvalue weighted by Crippen LogP contribution is -2.54. The predicted octanol–water partition coefficient (Wildman–Crippen LogP) is 4.79. The highest BCUT2D eigenvalue weighted by Crippen LogP contribution is 2.53. The fourth-order valence-electron chi connectivity index (χ4n) is 4.54. The van der Waals surface area contributed by atoms with Gasteiger partial charge in [-0.1, -0.05) is 36.5 Å². The van der Waals surface area contributed by atoms with E-state index in [0.29, 0.717) is 36.0 Å². The van der Waals surface area contributed by atoms with Gasteiger partial charge in [0.05, 0.1) is 6.61 Å². The van der Waals surface area contributed by atoms with E-state index in [1.54, 1.807) is 0 Å². The maximum atomic E-state index is 14.5. The second-order valence-corrected chi connectivity index (χ2v) is 9.92. The van der Waals surface area contributed by atoms with Crippen molar-refractivity contribution in [3.05, 3.63) is 71.8 Å². The fraction of sp³-hybridized carbons (Fsp3) is 0.400. The molecule has 5 nitrogen and oxygen atoms in total. The number of hydrogen-bond donors (Lipinski definition) is 2. The molecule has 0 aromatic heterocycles. The molecule has 2 atom stereocenters. The van der Waals surface area contributed by atoms with Crippen molar-refractivity contribution in [3.8, 4) is 5.75 Å². The highest BCUT2D eigenvalue weighted by Gasteiger charge is 2.46. The lowest BCUT2D eigenvalue weighted by molar-refractivity contribution is -0.136. The summed E-state index contributed by atoms with van der Waals surface area (Å²) in [6, 6.07) is 10.6. The molecule has 2 aromatic rings. The molecule has 1 fully saturated rings. The average Bonchev–Trinajstić information content (AvgIpc) is 2.84. The van der Waals surface area contributed by atoms with Crippen LogP contribution in [0.15, 0.2) is 49.0 Å². The standard InChI is InChI=1S/C25H29F2N3O2S/c1-17(20-15-19(26)9-10-22(20)27)33-25(12-14-32-23-7-3-2-6-21(23)25)30(28)24(31)11-8-18-5-4-13-29-16-18/h2-3,6-7,9-10,15,18,29H,1,4-5,8,11-14,16,28H2. The molecule has 2 aliphatic heterocycles. The van der Waals surface area contributed by atoms with Gasteiger partial charge in [-0.2, -0.15) is 0 Å². The summed E-state index contributed by atoms with van der Waals surface area (Å²) in [5, 5.41) is 4.63. The van der Waals surface area contributed by atoms with E-state index >= 15 is 0 Å². The van der Waals surface area contributed by atoms with Crippen molar-refractivity contribution in [1.82, 2.24) is 10.3 Å². The Morgan fingerprint density at radius 2 is 2.12 bits per heavy atom. The van der Waals surface area contributed by atoms with E-state index in [4.69, 9.17) is 10.6 Å². The molecular formula is C25H29F2N3O2S. The molecule has 2 aliphatic rings. The molecule has 3 N–H and O–H groups in total. The highest BCUT2D eigenvalue weighted by molar-refractivity contribution is 8.09. The molecule has 0 saturated carbocycles. The van der Waals surface area contributed by atoms with E-state index in [9.17, 15) is 13.6 Å². The van der Waals surface area contributed by atoms with Crippen LogP contribution in [-0.2, 0) is 9.67 Å². The van der Waals surface area contributed by atoms with E-state index in [2.05, 4.69) is 11.9 Å². The first kappa shape index (κ1) is 23.7. The Kier molecular flexibility index (Phi) is 7.36. The van der Waals surface area contributed by atoms with Crippen LogP contribution >= 0.6 is 11.8 Å². The van der Waals surface area contributed by atoms with Gasteiger partial charge < -0.3 is 10.1 Å². The van der Waals surface area contributed by atoms with Crippen LogP contribution in [0.3, 0.4) is 0 Å². The molecule has 1 saturated heterocycles. The van der Waals surface area contributed by atoms with E-state index in [1.165, 1.54) is 16.8 Å². The van der Waals surface area contributed by atoms with E-state index in [0.717, 1.165) is 56.1 Å². The molecule has 33 heavy (non-hydrogen) atoms. The maximum absolute atomic E-state index is 14.5. The number of hydrogen-bond acceptors (Lipinski definition) is 5. The van der Waals surface area contributed by atoms with Crippen LogP contribution in [0.4, 0.5) is 8.78 Å². The highest BCUT2D eigenvalue weighted by atomic mass is 32.2. The van der Waals surface area contributed by atoms with Crippen molar-refractivity contribution in [1.29, 1.82) is 0 Å². The third kappa shape index (κ3) is 5.08. The number of nitrogens with zero attached hydrogens (tertiary/aromatic N) is 1. The number of benzene rings is 2. The molecule has 0 radical (unpaired) electrons. The Bertz CT molecular complexity index is 1030. The number of nitrogens with one attached hydrogen (secondary N) is 1. The molecule has 2 heterocycles. The summed E-state index contributed by atoms with van der Waals surface area (Å²) >= 11 is 1.17. The van der Waals surface area contributed by atoms with Gasteiger partial charge in [0.2, 0.25) is 5.91 Å².